The lowest BCUT2D eigenvalue weighted by atomic mass is 9.90. The van der Waals surface area contributed by atoms with Gasteiger partial charge in [-0.05, 0) is 37.0 Å². The number of benzene rings is 1. The molecule has 0 radical (unpaired) electrons. The molecule has 2 aliphatic carbocycles. The summed E-state index contributed by atoms with van der Waals surface area (Å²) in [7, 11) is -3.37. The molecule has 0 amide bonds. The van der Waals surface area contributed by atoms with Crippen molar-refractivity contribution in [3.63, 3.8) is 0 Å². The molecule has 1 aromatic carbocycles. The van der Waals surface area contributed by atoms with Crippen molar-refractivity contribution in [2.75, 3.05) is 0 Å². The van der Waals surface area contributed by atoms with E-state index in [0.717, 1.165) is 12.0 Å². The van der Waals surface area contributed by atoms with Crippen LogP contribution in [0, 0.1) is 11.8 Å². The van der Waals surface area contributed by atoms with Crippen LogP contribution < -0.4 is 0 Å². The minimum atomic E-state index is -3.37. The number of allylic oxidation sites excluding steroid dienone is 2. The molecule has 0 aliphatic heterocycles. The van der Waals surface area contributed by atoms with Gasteiger partial charge in [0.25, 0.3) is 0 Å². The first-order valence-electron chi connectivity index (χ1n) is 6.15. The van der Waals surface area contributed by atoms with Gasteiger partial charge < -0.3 is 0 Å². The summed E-state index contributed by atoms with van der Waals surface area (Å²) in [5, 5.41) is 0. The van der Waals surface area contributed by atoms with Crippen molar-refractivity contribution in [1.29, 1.82) is 0 Å². The van der Waals surface area contributed by atoms with Gasteiger partial charge in [-0.3, -0.25) is 0 Å². The van der Waals surface area contributed by atoms with Crippen molar-refractivity contribution in [1.82, 2.24) is 0 Å². The first-order chi connectivity index (χ1) is 8.48. The third kappa shape index (κ3) is 1.25. The van der Waals surface area contributed by atoms with E-state index < -0.39 is 14.6 Å². The van der Waals surface area contributed by atoms with E-state index >= 15 is 0 Å². The fraction of sp³-hybridized carbons (Fsp3) is 0.333. The quantitative estimate of drug-likeness (QED) is 0.766. The van der Waals surface area contributed by atoms with Gasteiger partial charge in [0.05, 0.1) is 4.90 Å². The molecule has 18 heavy (non-hydrogen) atoms. The molecule has 0 N–H and O–H groups in total. The lowest BCUT2D eigenvalue weighted by molar-refractivity contribution is 0.517. The largest absolute Gasteiger partial charge is 0.223 e. The van der Waals surface area contributed by atoms with Crippen LogP contribution in [0.2, 0.25) is 0 Å². The van der Waals surface area contributed by atoms with E-state index in [1.165, 1.54) is 0 Å². The van der Waals surface area contributed by atoms with Gasteiger partial charge in [-0.25, -0.2) is 8.42 Å². The highest BCUT2D eigenvalue weighted by Crippen LogP contribution is 2.54. The zero-order chi connectivity index (χ0) is 13.0. The van der Waals surface area contributed by atoms with E-state index in [1.54, 1.807) is 24.3 Å². The highest BCUT2D eigenvalue weighted by molar-refractivity contribution is 7.93. The predicted octanol–water partition coefficient (Wildman–Crippen LogP) is 2.98. The molecular weight excluding hydrogens is 244 g/mol. The standard InChI is InChI=1S/C15H16O2S/c1-11-12-8-9-13(10-12)15(11,2)18(16,17)14-6-4-3-5-7-14/h3-9,12-13H,1,10H2,2H3/t12-,13+,15-/m1/s1. The van der Waals surface area contributed by atoms with Crippen LogP contribution in [0.25, 0.3) is 0 Å². The van der Waals surface area contributed by atoms with Crippen molar-refractivity contribution < 1.29 is 8.42 Å². The Labute approximate surface area is 108 Å². The molecule has 3 atom stereocenters. The summed E-state index contributed by atoms with van der Waals surface area (Å²) in [6.45, 7) is 5.88. The van der Waals surface area contributed by atoms with E-state index in [1.807, 2.05) is 19.1 Å². The van der Waals surface area contributed by atoms with Gasteiger partial charge in [-0.15, -0.1) is 0 Å². The van der Waals surface area contributed by atoms with Gasteiger partial charge in [-0.2, -0.15) is 0 Å². The Morgan fingerprint density at radius 3 is 2.44 bits per heavy atom. The third-order valence-electron chi connectivity index (χ3n) is 4.49. The van der Waals surface area contributed by atoms with Gasteiger partial charge in [0.15, 0.2) is 9.84 Å². The summed E-state index contributed by atoms with van der Waals surface area (Å²) >= 11 is 0. The molecule has 3 heteroatoms. The zero-order valence-corrected chi connectivity index (χ0v) is 11.2. The summed E-state index contributed by atoms with van der Waals surface area (Å²) in [6, 6.07) is 8.70. The van der Waals surface area contributed by atoms with Crippen LogP contribution in [0.1, 0.15) is 13.3 Å². The zero-order valence-electron chi connectivity index (χ0n) is 10.3. The average molecular weight is 260 g/mol. The molecule has 2 bridgehead atoms. The van der Waals surface area contributed by atoms with Crippen LogP contribution in [0.4, 0.5) is 0 Å². The number of hydrogen-bond donors (Lipinski definition) is 0. The predicted molar refractivity (Wildman–Crippen MR) is 71.9 cm³/mol. The third-order valence-corrected chi connectivity index (χ3v) is 7.06. The van der Waals surface area contributed by atoms with Crippen LogP contribution in [-0.2, 0) is 9.84 Å². The lowest BCUT2D eigenvalue weighted by Crippen LogP contribution is -2.41. The monoisotopic (exact) mass is 260 g/mol. The first kappa shape index (κ1) is 11.7. The lowest BCUT2D eigenvalue weighted by Gasteiger charge is -2.33. The molecule has 0 spiro atoms. The van der Waals surface area contributed by atoms with Crippen molar-refractivity contribution in [2.45, 2.75) is 23.0 Å². The normalized spacial score (nSPS) is 34.2. The second kappa shape index (κ2) is 3.58. The fourth-order valence-electron chi connectivity index (χ4n) is 3.19. The van der Waals surface area contributed by atoms with Gasteiger partial charge >= 0.3 is 0 Å². The summed E-state index contributed by atoms with van der Waals surface area (Å²) in [5.41, 5.74) is 0.846. The van der Waals surface area contributed by atoms with E-state index in [4.69, 9.17) is 0 Å². The van der Waals surface area contributed by atoms with Crippen molar-refractivity contribution in [3.8, 4) is 0 Å². The fourth-order valence-corrected chi connectivity index (χ4v) is 5.26. The summed E-state index contributed by atoms with van der Waals surface area (Å²) in [5.74, 6) is 0.304. The van der Waals surface area contributed by atoms with Crippen LogP contribution in [0.5, 0.6) is 0 Å². The van der Waals surface area contributed by atoms with Gasteiger partial charge in [0, 0.05) is 5.92 Å². The highest BCUT2D eigenvalue weighted by Gasteiger charge is 2.56. The van der Waals surface area contributed by atoms with Crippen LogP contribution in [-0.4, -0.2) is 13.2 Å². The van der Waals surface area contributed by atoms with Gasteiger partial charge in [0.1, 0.15) is 4.75 Å². The topological polar surface area (TPSA) is 34.1 Å². The molecule has 0 heterocycles. The number of hydrogen-bond acceptors (Lipinski definition) is 2. The second-order valence-corrected chi connectivity index (χ2v) is 7.61. The maximum atomic E-state index is 12.9. The minimum Gasteiger partial charge on any atom is -0.223 e. The maximum Gasteiger partial charge on any atom is 0.188 e. The molecule has 94 valence electrons. The van der Waals surface area contributed by atoms with Crippen molar-refractivity contribution in [3.05, 3.63) is 54.6 Å². The molecule has 1 saturated carbocycles. The molecule has 0 saturated heterocycles. The number of fused-ring (bicyclic) bond motifs is 2. The Kier molecular flexibility index (Phi) is 2.33. The van der Waals surface area contributed by atoms with Crippen LogP contribution in [0.3, 0.4) is 0 Å². The smallest absolute Gasteiger partial charge is 0.188 e. The Bertz CT molecular complexity index is 628. The summed E-state index contributed by atoms with van der Waals surface area (Å²) in [4.78, 5) is 0.398. The van der Waals surface area contributed by atoms with Crippen molar-refractivity contribution in [2.24, 2.45) is 11.8 Å². The maximum absolute atomic E-state index is 12.9. The average Bonchev–Trinajstić information content (AvgIpc) is 2.94. The van der Waals surface area contributed by atoms with Gasteiger partial charge in [0.2, 0.25) is 0 Å². The Morgan fingerprint density at radius 2 is 1.89 bits per heavy atom. The Morgan fingerprint density at radius 1 is 1.22 bits per heavy atom. The summed E-state index contributed by atoms with van der Waals surface area (Å²) in [6.07, 6.45) is 5.02. The molecule has 3 rings (SSSR count). The minimum absolute atomic E-state index is 0.0696. The van der Waals surface area contributed by atoms with E-state index in [0.29, 0.717) is 4.90 Å². The molecule has 1 fully saturated rings. The highest BCUT2D eigenvalue weighted by atomic mass is 32.2. The Hall–Kier alpha value is -1.35. The van der Waals surface area contributed by atoms with Gasteiger partial charge in [-0.1, -0.05) is 36.9 Å². The molecule has 1 aromatic rings. The summed E-state index contributed by atoms with van der Waals surface area (Å²) < 4.78 is 24.9. The second-order valence-electron chi connectivity index (χ2n) is 5.28. The number of sulfone groups is 1. The Balaban J connectivity index is 2.16. The number of rotatable bonds is 2. The molecule has 2 aliphatic rings. The molecule has 0 aromatic heterocycles. The SMILES string of the molecule is C=C1[C@@H]2C=C[C@@H](C2)[C@]1(C)S(=O)(=O)c1ccccc1. The van der Waals surface area contributed by atoms with E-state index in [9.17, 15) is 8.42 Å². The van der Waals surface area contributed by atoms with Crippen LogP contribution >= 0.6 is 0 Å². The van der Waals surface area contributed by atoms with E-state index in [-0.39, 0.29) is 11.8 Å². The molecular formula is C15H16O2S. The molecule has 0 unspecified atom stereocenters. The van der Waals surface area contributed by atoms with Crippen molar-refractivity contribution >= 4 is 9.84 Å². The first-order valence-corrected chi connectivity index (χ1v) is 7.63. The van der Waals surface area contributed by atoms with Crippen LogP contribution in [0.15, 0.2) is 59.5 Å². The molecule has 2 nitrogen and oxygen atoms in total. The van der Waals surface area contributed by atoms with E-state index in [2.05, 4.69) is 12.7 Å².